The van der Waals surface area contributed by atoms with Crippen LogP contribution in [0.15, 0.2) is 0 Å². The van der Waals surface area contributed by atoms with Crippen LogP contribution in [0.2, 0.25) is 0 Å². The number of carbonyl (C=O) groups excluding carboxylic acids is 1. The van der Waals surface area contributed by atoms with Crippen LogP contribution in [0.1, 0.15) is 6.92 Å². The average Bonchev–Trinajstić information content (AvgIpc) is 2.01. The third-order valence-corrected chi connectivity index (χ3v) is 2.89. The predicted molar refractivity (Wildman–Crippen MR) is 48.4 cm³/mol. The molecule has 1 rings (SSSR count). The fourth-order valence-corrected chi connectivity index (χ4v) is 1.55. The van der Waals surface area contributed by atoms with Gasteiger partial charge < -0.3 is 14.4 Å². The largest absolute Gasteiger partial charge is 0.468 e. The monoisotopic (exact) mass is 187 g/mol. The van der Waals surface area contributed by atoms with Crippen molar-refractivity contribution in [2.24, 2.45) is 5.41 Å². The molecule has 0 saturated carbocycles. The summed E-state index contributed by atoms with van der Waals surface area (Å²) in [4.78, 5) is 13.5. The Kier molecular flexibility index (Phi) is 2.93. The second-order valence-corrected chi connectivity index (χ2v) is 3.78. The maximum atomic E-state index is 11.5. The smallest absolute Gasteiger partial charge is 0.318 e. The van der Waals surface area contributed by atoms with Gasteiger partial charge in [0.05, 0.1) is 20.3 Å². The molecule has 0 radical (unpaired) electrons. The van der Waals surface area contributed by atoms with Crippen LogP contribution in [0, 0.1) is 5.41 Å². The minimum absolute atomic E-state index is 0.147. The highest BCUT2D eigenvalue weighted by molar-refractivity contribution is 5.79. The fraction of sp³-hybridized carbons (Fsp3) is 0.889. The lowest BCUT2D eigenvalue weighted by Gasteiger charge is -2.45. The normalized spacial score (nSPS) is 22.2. The topological polar surface area (TPSA) is 38.8 Å². The molecule has 1 aliphatic rings. The van der Waals surface area contributed by atoms with Crippen LogP contribution in [0.4, 0.5) is 0 Å². The summed E-state index contributed by atoms with van der Waals surface area (Å²) in [5, 5.41) is 0. The van der Waals surface area contributed by atoms with Crippen LogP contribution in [0.3, 0.4) is 0 Å². The summed E-state index contributed by atoms with van der Waals surface area (Å²) in [5.41, 5.74) is -0.446. The van der Waals surface area contributed by atoms with E-state index in [0.29, 0.717) is 13.2 Å². The standard InChI is InChI=1S/C9H17NO3/c1-7(10(2)3)9(5-13-6-9)8(11)12-4/h7H,5-6H2,1-4H3. The van der Waals surface area contributed by atoms with Crippen molar-refractivity contribution in [2.75, 3.05) is 34.4 Å². The Morgan fingerprint density at radius 3 is 2.31 bits per heavy atom. The number of methoxy groups -OCH3 is 1. The first-order chi connectivity index (χ1) is 6.04. The van der Waals surface area contributed by atoms with Gasteiger partial charge in [-0.25, -0.2) is 0 Å². The van der Waals surface area contributed by atoms with E-state index in [0.717, 1.165) is 0 Å². The molecular weight excluding hydrogens is 170 g/mol. The van der Waals surface area contributed by atoms with Crippen molar-refractivity contribution >= 4 is 5.97 Å². The number of hydrogen-bond acceptors (Lipinski definition) is 4. The Hall–Kier alpha value is -0.610. The van der Waals surface area contributed by atoms with Crippen LogP contribution < -0.4 is 0 Å². The van der Waals surface area contributed by atoms with Gasteiger partial charge in [0.25, 0.3) is 0 Å². The fourth-order valence-electron chi connectivity index (χ4n) is 1.55. The van der Waals surface area contributed by atoms with E-state index in [9.17, 15) is 4.79 Å². The SMILES string of the molecule is COC(=O)C1(C(C)N(C)C)COC1. The van der Waals surface area contributed by atoms with Crippen LogP contribution in [-0.4, -0.2) is 51.3 Å². The molecule has 0 aromatic carbocycles. The summed E-state index contributed by atoms with van der Waals surface area (Å²) in [5.74, 6) is -0.167. The van der Waals surface area contributed by atoms with Gasteiger partial charge in [0.2, 0.25) is 0 Å². The van der Waals surface area contributed by atoms with Gasteiger partial charge in [-0.2, -0.15) is 0 Å². The second-order valence-electron chi connectivity index (χ2n) is 3.78. The summed E-state index contributed by atoms with van der Waals surface area (Å²) < 4.78 is 9.89. The zero-order chi connectivity index (χ0) is 10.1. The summed E-state index contributed by atoms with van der Waals surface area (Å²) in [7, 11) is 5.33. The van der Waals surface area contributed by atoms with Gasteiger partial charge >= 0.3 is 5.97 Å². The molecule has 76 valence electrons. The quantitative estimate of drug-likeness (QED) is 0.588. The summed E-state index contributed by atoms with van der Waals surface area (Å²) in [6, 6.07) is 0.147. The van der Waals surface area contributed by atoms with E-state index in [2.05, 4.69) is 0 Å². The summed E-state index contributed by atoms with van der Waals surface area (Å²) in [6.45, 7) is 2.96. The first kappa shape index (κ1) is 10.5. The number of esters is 1. The highest BCUT2D eigenvalue weighted by Crippen LogP contribution is 2.34. The van der Waals surface area contributed by atoms with Crippen LogP contribution >= 0.6 is 0 Å². The average molecular weight is 187 g/mol. The molecule has 13 heavy (non-hydrogen) atoms. The molecular formula is C9H17NO3. The van der Waals surface area contributed by atoms with Crippen LogP contribution in [0.25, 0.3) is 0 Å². The van der Waals surface area contributed by atoms with Crippen molar-refractivity contribution in [2.45, 2.75) is 13.0 Å². The highest BCUT2D eigenvalue weighted by atomic mass is 16.5. The molecule has 1 saturated heterocycles. The summed E-state index contributed by atoms with van der Waals surface area (Å²) in [6.07, 6.45) is 0. The number of hydrogen-bond donors (Lipinski definition) is 0. The van der Waals surface area contributed by atoms with E-state index in [4.69, 9.17) is 9.47 Å². The second kappa shape index (κ2) is 3.64. The maximum Gasteiger partial charge on any atom is 0.318 e. The van der Waals surface area contributed by atoms with Gasteiger partial charge in [-0.05, 0) is 21.0 Å². The Bertz CT molecular complexity index is 199. The molecule has 4 nitrogen and oxygen atoms in total. The third-order valence-electron chi connectivity index (χ3n) is 2.89. The maximum absolute atomic E-state index is 11.5. The lowest BCUT2D eigenvalue weighted by Crippen LogP contribution is -2.60. The van der Waals surface area contributed by atoms with Crippen molar-refractivity contribution in [3.05, 3.63) is 0 Å². The van der Waals surface area contributed by atoms with Crippen molar-refractivity contribution < 1.29 is 14.3 Å². The van der Waals surface area contributed by atoms with Gasteiger partial charge in [0.15, 0.2) is 0 Å². The van der Waals surface area contributed by atoms with E-state index in [1.807, 2.05) is 25.9 Å². The molecule has 1 fully saturated rings. The van der Waals surface area contributed by atoms with Gasteiger partial charge in [-0.15, -0.1) is 0 Å². The van der Waals surface area contributed by atoms with E-state index in [1.165, 1.54) is 7.11 Å². The number of nitrogens with zero attached hydrogens (tertiary/aromatic N) is 1. The lowest BCUT2D eigenvalue weighted by atomic mass is 9.78. The molecule has 1 heterocycles. The molecule has 0 amide bonds. The Labute approximate surface area is 78.8 Å². The van der Waals surface area contributed by atoms with Crippen LogP contribution in [-0.2, 0) is 14.3 Å². The van der Waals surface area contributed by atoms with E-state index in [1.54, 1.807) is 0 Å². The molecule has 4 heteroatoms. The minimum Gasteiger partial charge on any atom is -0.468 e. The van der Waals surface area contributed by atoms with Crippen molar-refractivity contribution in [1.29, 1.82) is 0 Å². The minimum atomic E-state index is -0.446. The Morgan fingerprint density at radius 2 is 2.08 bits per heavy atom. The molecule has 1 aliphatic heterocycles. The number of carbonyl (C=O) groups is 1. The van der Waals surface area contributed by atoms with Gasteiger partial charge in [0, 0.05) is 6.04 Å². The van der Waals surface area contributed by atoms with Gasteiger partial charge in [0.1, 0.15) is 5.41 Å². The van der Waals surface area contributed by atoms with E-state index >= 15 is 0 Å². The van der Waals surface area contributed by atoms with Crippen molar-refractivity contribution in [3.8, 4) is 0 Å². The van der Waals surface area contributed by atoms with Crippen molar-refractivity contribution in [1.82, 2.24) is 4.90 Å². The predicted octanol–water partition coefficient (Wildman–Crippen LogP) is 0.126. The third kappa shape index (κ3) is 1.56. The van der Waals surface area contributed by atoms with E-state index < -0.39 is 5.41 Å². The van der Waals surface area contributed by atoms with Gasteiger partial charge in [-0.3, -0.25) is 4.79 Å². The lowest BCUT2D eigenvalue weighted by molar-refractivity contribution is -0.194. The van der Waals surface area contributed by atoms with E-state index in [-0.39, 0.29) is 12.0 Å². The zero-order valence-corrected chi connectivity index (χ0v) is 8.66. The Morgan fingerprint density at radius 1 is 1.54 bits per heavy atom. The molecule has 0 aliphatic carbocycles. The zero-order valence-electron chi connectivity index (χ0n) is 8.66. The molecule has 0 spiro atoms. The number of rotatable bonds is 3. The molecule has 1 unspecified atom stereocenters. The highest BCUT2D eigenvalue weighted by Gasteiger charge is 2.52. The molecule has 0 aromatic heterocycles. The first-order valence-electron chi connectivity index (χ1n) is 4.37. The molecule has 0 N–H and O–H groups in total. The first-order valence-corrected chi connectivity index (χ1v) is 4.37. The van der Waals surface area contributed by atoms with Gasteiger partial charge in [-0.1, -0.05) is 0 Å². The summed E-state index contributed by atoms with van der Waals surface area (Å²) >= 11 is 0. The van der Waals surface area contributed by atoms with Crippen molar-refractivity contribution in [3.63, 3.8) is 0 Å². The molecule has 0 bridgehead atoms. The number of ether oxygens (including phenoxy) is 2. The van der Waals surface area contributed by atoms with Crippen LogP contribution in [0.5, 0.6) is 0 Å². The molecule has 1 atom stereocenters. The molecule has 0 aromatic rings. The Balaban J connectivity index is 2.75.